The molecule has 1 saturated heterocycles. The predicted molar refractivity (Wildman–Crippen MR) is 129 cm³/mol. The first kappa shape index (κ1) is 20.9. The number of amides is 1. The molecule has 0 saturated carbocycles. The van der Waals surface area contributed by atoms with Crippen molar-refractivity contribution >= 4 is 34.6 Å². The van der Waals surface area contributed by atoms with E-state index in [1.807, 2.05) is 92.7 Å². The first-order valence-electron chi connectivity index (χ1n) is 10.1. The molecule has 0 spiro atoms. The van der Waals surface area contributed by atoms with Crippen molar-refractivity contribution < 1.29 is 9.53 Å². The molecule has 5 heteroatoms. The van der Waals surface area contributed by atoms with Crippen LogP contribution in [0.1, 0.15) is 22.3 Å². The highest BCUT2D eigenvalue weighted by molar-refractivity contribution is 8.18. The molecule has 0 aromatic heterocycles. The molecule has 0 bridgehead atoms. The SMILES string of the molecule is COc1ccc(/C=C2/SC(=Nc3ccc(C)cc3)N(Cc3ccccc3)C2=O)cc1C. The number of carbonyl (C=O) groups excluding carboxylic acids is 1. The van der Waals surface area contributed by atoms with Crippen LogP contribution in [-0.4, -0.2) is 23.1 Å². The van der Waals surface area contributed by atoms with Crippen molar-refractivity contribution in [1.82, 2.24) is 4.90 Å². The summed E-state index contributed by atoms with van der Waals surface area (Å²) >= 11 is 1.41. The maximum absolute atomic E-state index is 13.3. The quantitative estimate of drug-likeness (QED) is 0.460. The van der Waals surface area contributed by atoms with E-state index in [9.17, 15) is 4.79 Å². The zero-order valence-electron chi connectivity index (χ0n) is 17.8. The topological polar surface area (TPSA) is 41.9 Å². The maximum atomic E-state index is 13.3. The van der Waals surface area contributed by atoms with Gasteiger partial charge in [0.25, 0.3) is 5.91 Å². The van der Waals surface area contributed by atoms with Gasteiger partial charge in [-0.3, -0.25) is 9.69 Å². The van der Waals surface area contributed by atoms with Gasteiger partial charge in [-0.25, -0.2) is 4.99 Å². The number of aliphatic imine (C=N–C) groups is 1. The van der Waals surface area contributed by atoms with E-state index in [1.165, 1.54) is 17.3 Å². The van der Waals surface area contributed by atoms with Gasteiger partial charge in [0, 0.05) is 0 Å². The van der Waals surface area contributed by atoms with E-state index >= 15 is 0 Å². The number of aryl methyl sites for hydroxylation is 2. The summed E-state index contributed by atoms with van der Waals surface area (Å²) in [7, 11) is 1.66. The number of amidine groups is 1. The van der Waals surface area contributed by atoms with Crippen LogP contribution in [0.5, 0.6) is 5.75 Å². The fourth-order valence-electron chi connectivity index (χ4n) is 3.37. The van der Waals surface area contributed by atoms with Crippen molar-refractivity contribution in [1.29, 1.82) is 0 Å². The average molecular weight is 429 g/mol. The summed E-state index contributed by atoms with van der Waals surface area (Å²) in [6.07, 6.45) is 1.93. The predicted octanol–water partition coefficient (Wildman–Crippen LogP) is 6.12. The van der Waals surface area contributed by atoms with Gasteiger partial charge in [-0.1, -0.05) is 54.1 Å². The number of nitrogens with zero attached hydrogens (tertiary/aromatic N) is 2. The third-order valence-electron chi connectivity index (χ3n) is 5.05. The zero-order valence-corrected chi connectivity index (χ0v) is 18.6. The minimum atomic E-state index is -0.0341. The van der Waals surface area contributed by atoms with Crippen LogP contribution in [0.25, 0.3) is 6.08 Å². The van der Waals surface area contributed by atoms with Gasteiger partial charge >= 0.3 is 0 Å². The molecule has 1 aliphatic heterocycles. The average Bonchev–Trinajstić information content (AvgIpc) is 3.05. The lowest BCUT2D eigenvalue weighted by atomic mass is 10.1. The molecule has 31 heavy (non-hydrogen) atoms. The minimum Gasteiger partial charge on any atom is -0.496 e. The second-order valence-corrected chi connectivity index (χ2v) is 8.46. The zero-order chi connectivity index (χ0) is 21.8. The van der Waals surface area contributed by atoms with Gasteiger partial charge in [-0.2, -0.15) is 0 Å². The fraction of sp³-hybridized carbons (Fsp3) is 0.154. The van der Waals surface area contributed by atoms with E-state index < -0.39 is 0 Å². The van der Waals surface area contributed by atoms with Crippen LogP contribution < -0.4 is 4.74 Å². The Kier molecular flexibility index (Phi) is 6.23. The molecule has 0 aliphatic carbocycles. The summed E-state index contributed by atoms with van der Waals surface area (Å²) in [6.45, 7) is 4.52. The normalized spacial score (nSPS) is 16.4. The molecule has 1 amide bonds. The second-order valence-electron chi connectivity index (χ2n) is 7.45. The molecule has 1 fully saturated rings. The highest BCUT2D eigenvalue weighted by atomic mass is 32.2. The highest BCUT2D eigenvalue weighted by Gasteiger charge is 2.33. The van der Waals surface area contributed by atoms with Crippen LogP contribution in [0, 0.1) is 13.8 Å². The fourth-order valence-corrected chi connectivity index (χ4v) is 4.37. The van der Waals surface area contributed by atoms with Crippen molar-refractivity contribution in [3.63, 3.8) is 0 Å². The highest BCUT2D eigenvalue weighted by Crippen LogP contribution is 2.35. The molecule has 3 aromatic carbocycles. The van der Waals surface area contributed by atoms with Gasteiger partial charge in [-0.05, 0) is 72.6 Å². The van der Waals surface area contributed by atoms with Crippen molar-refractivity contribution in [2.45, 2.75) is 20.4 Å². The molecule has 4 nitrogen and oxygen atoms in total. The van der Waals surface area contributed by atoms with Gasteiger partial charge in [0.15, 0.2) is 5.17 Å². The van der Waals surface area contributed by atoms with E-state index in [2.05, 4.69) is 0 Å². The Labute approximate surface area is 187 Å². The van der Waals surface area contributed by atoms with Gasteiger partial charge in [0.2, 0.25) is 0 Å². The first-order valence-corrected chi connectivity index (χ1v) is 10.9. The Balaban J connectivity index is 1.69. The Hall–Kier alpha value is -3.31. The lowest BCUT2D eigenvalue weighted by Gasteiger charge is -2.15. The van der Waals surface area contributed by atoms with Crippen LogP contribution in [-0.2, 0) is 11.3 Å². The van der Waals surface area contributed by atoms with E-state index in [0.29, 0.717) is 16.6 Å². The smallest absolute Gasteiger partial charge is 0.267 e. The third-order valence-corrected chi connectivity index (χ3v) is 6.05. The number of hydrogen-bond acceptors (Lipinski definition) is 4. The first-order chi connectivity index (χ1) is 15.0. The molecule has 156 valence electrons. The molecule has 0 unspecified atom stereocenters. The van der Waals surface area contributed by atoms with Gasteiger partial charge in [-0.15, -0.1) is 0 Å². The number of methoxy groups -OCH3 is 1. The Morgan fingerprint density at radius 2 is 1.74 bits per heavy atom. The Morgan fingerprint density at radius 1 is 1.00 bits per heavy atom. The van der Waals surface area contributed by atoms with Crippen LogP contribution in [0.3, 0.4) is 0 Å². The van der Waals surface area contributed by atoms with Crippen molar-refractivity contribution in [3.8, 4) is 5.75 Å². The largest absolute Gasteiger partial charge is 0.496 e. The summed E-state index contributed by atoms with van der Waals surface area (Å²) in [6, 6.07) is 23.9. The number of rotatable bonds is 5. The van der Waals surface area contributed by atoms with Gasteiger partial charge in [0.1, 0.15) is 5.75 Å². The number of ether oxygens (including phenoxy) is 1. The maximum Gasteiger partial charge on any atom is 0.267 e. The molecule has 0 radical (unpaired) electrons. The molecular weight excluding hydrogens is 404 g/mol. The molecule has 1 aliphatic rings. The molecule has 4 rings (SSSR count). The van der Waals surface area contributed by atoms with Gasteiger partial charge in [0.05, 0.1) is 24.2 Å². The lowest BCUT2D eigenvalue weighted by Crippen LogP contribution is -2.28. The molecule has 0 N–H and O–H groups in total. The van der Waals surface area contributed by atoms with E-state index in [4.69, 9.17) is 9.73 Å². The molecule has 0 atom stereocenters. The summed E-state index contributed by atoms with van der Waals surface area (Å²) in [5.41, 5.74) is 5.07. The van der Waals surface area contributed by atoms with Crippen LogP contribution in [0.4, 0.5) is 5.69 Å². The number of hydrogen-bond donors (Lipinski definition) is 0. The van der Waals surface area contributed by atoms with E-state index in [-0.39, 0.29) is 5.91 Å². The van der Waals surface area contributed by atoms with E-state index in [1.54, 1.807) is 12.0 Å². The third kappa shape index (κ3) is 4.89. The van der Waals surface area contributed by atoms with Gasteiger partial charge < -0.3 is 4.74 Å². The Morgan fingerprint density at radius 3 is 2.42 bits per heavy atom. The van der Waals surface area contributed by atoms with Crippen molar-refractivity contribution in [2.75, 3.05) is 7.11 Å². The van der Waals surface area contributed by atoms with Crippen molar-refractivity contribution in [2.24, 2.45) is 4.99 Å². The number of thioether (sulfide) groups is 1. The van der Waals surface area contributed by atoms with Crippen LogP contribution >= 0.6 is 11.8 Å². The summed E-state index contributed by atoms with van der Waals surface area (Å²) < 4.78 is 5.35. The minimum absolute atomic E-state index is 0.0341. The monoisotopic (exact) mass is 428 g/mol. The summed E-state index contributed by atoms with van der Waals surface area (Å²) in [5.74, 6) is 0.799. The van der Waals surface area contributed by atoms with Crippen LogP contribution in [0.2, 0.25) is 0 Å². The molecule has 1 heterocycles. The second kappa shape index (κ2) is 9.23. The van der Waals surface area contributed by atoms with Crippen molar-refractivity contribution in [3.05, 3.63) is 100.0 Å². The standard InChI is InChI=1S/C26H24N2O2S/c1-18-9-12-22(13-10-18)27-26-28(17-20-7-5-4-6-8-20)25(29)24(31-26)16-21-11-14-23(30-3)19(2)15-21/h4-16H,17H2,1-3H3/b24-16+,27-26?. The van der Waals surface area contributed by atoms with E-state index in [0.717, 1.165) is 28.1 Å². The van der Waals surface area contributed by atoms with Crippen LogP contribution in [0.15, 0.2) is 82.7 Å². The number of benzene rings is 3. The molecular formula is C26H24N2O2S. The summed E-state index contributed by atoms with van der Waals surface area (Å²) in [4.78, 5) is 20.5. The summed E-state index contributed by atoms with van der Waals surface area (Å²) in [5, 5.41) is 0.689. The number of carbonyl (C=O) groups is 1. The lowest BCUT2D eigenvalue weighted by molar-refractivity contribution is -0.122. The Bertz CT molecular complexity index is 1150. The molecule has 3 aromatic rings.